The Morgan fingerprint density at radius 2 is 1.85 bits per heavy atom. The minimum Gasteiger partial charge on any atom is -0.382 e. The largest absolute Gasteiger partial charge is 0.382 e. The van der Waals surface area contributed by atoms with Gasteiger partial charge < -0.3 is 20.3 Å². The zero-order valence-electron chi connectivity index (χ0n) is 20.2. The van der Waals surface area contributed by atoms with Crippen molar-refractivity contribution in [2.75, 3.05) is 44.0 Å². The van der Waals surface area contributed by atoms with Gasteiger partial charge in [-0.05, 0) is 60.7 Å². The number of pyridine rings is 1. The van der Waals surface area contributed by atoms with Crippen molar-refractivity contribution < 1.29 is 9.53 Å². The van der Waals surface area contributed by atoms with E-state index in [1.807, 2.05) is 30.1 Å². The summed E-state index contributed by atoms with van der Waals surface area (Å²) in [5.41, 5.74) is 12.0. The smallest absolute Gasteiger partial charge is 0.254 e. The van der Waals surface area contributed by atoms with Crippen molar-refractivity contribution in [2.45, 2.75) is 45.1 Å². The number of carbonyl (C=O) groups excluding carboxylic acids is 1. The average Bonchev–Trinajstić information content (AvgIpc) is 2.88. The van der Waals surface area contributed by atoms with Gasteiger partial charge in [-0.1, -0.05) is 37.5 Å². The van der Waals surface area contributed by atoms with Gasteiger partial charge in [0.2, 0.25) is 0 Å². The highest BCUT2D eigenvalue weighted by atomic mass is 16.5. The summed E-state index contributed by atoms with van der Waals surface area (Å²) in [7, 11) is 1.96. The topological polar surface area (TPSA) is 71.7 Å². The molecule has 1 amide bonds. The highest BCUT2D eigenvalue weighted by molar-refractivity contribution is 6.03. The molecule has 1 aromatic heterocycles. The fourth-order valence-electron chi connectivity index (χ4n) is 5.45. The van der Waals surface area contributed by atoms with E-state index in [0.717, 1.165) is 64.8 Å². The van der Waals surface area contributed by atoms with E-state index in [4.69, 9.17) is 10.5 Å². The summed E-state index contributed by atoms with van der Waals surface area (Å²) in [6.07, 6.45) is 5.87. The molecule has 2 fully saturated rings. The lowest BCUT2D eigenvalue weighted by Gasteiger charge is -2.32. The molecular weight excluding hydrogens is 424 g/mol. The Kier molecular flexibility index (Phi) is 6.42. The van der Waals surface area contributed by atoms with Crippen molar-refractivity contribution in [2.24, 2.45) is 0 Å². The predicted octanol–water partition coefficient (Wildman–Crippen LogP) is 5.03. The van der Waals surface area contributed by atoms with Crippen LogP contribution in [0.1, 0.15) is 48.0 Å². The maximum Gasteiger partial charge on any atom is 0.254 e. The molecule has 2 N–H and O–H groups in total. The average molecular weight is 459 g/mol. The lowest BCUT2D eigenvalue weighted by molar-refractivity contribution is 0.0697. The summed E-state index contributed by atoms with van der Waals surface area (Å²) in [5.74, 6) is 0.651. The number of nitrogen functional groups attached to an aromatic ring is 1. The maximum absolute atomic E-state index is 13.6. The zero-order valence-corrected chi connectivity index (χ0v) is 20.2. The number of aryl methyl sites for hydroxylation is 1. The van der Waals surface area contributed by atoms with Crippen molar-refractivity contribution in [1.82, 2.24) is 9.88 Å². The van der Waals surface area contributed by atoms with Crippen LogP contribution in [0.4, 0.5) is 11.5 Å². The van der Waals surface area contributed by atoms with Gasteiger partial charge in [-0.3, -0.25) is 4.79 Å². The molecule has 0 unspecified atom stereocenters. The lowest BCUT2D eigenvalue weighted by atomic mass is 9.91. The summed E-state index contributed by atoms with van der Waals surface area (Å²) in [6, 6.07) is 14.7. The summed E-state index contributed by atoms with van der Waals surface area (Å²) in [5, 5.41) is 1.02. The number of nitrogens with zero attached hydrogens (tertiary/aromatic N) is 3. The van der Waals surface area contributed by atoms with Gasteiger partial charge in [-0.25, -0.2) is 4.98 Å². The fraction of sp³-hybridized carbons (Fsp3) is 0.429. The Morgan fingerprint density at radius 3 is 2.62 bits per heavy atom. The number of anilines is 2. The number of carbonyl (C=O) groups is 1. The third-order valence-electron chi connectivity index (χ3n) is 7.41. The Labute approximate surface area is 201 Å². The van der Waals surface area contributed by atoms with Crippen LogP contribution in [0.15, 0.2) is 42.5 Å². The van der Waals surface area contributed by atoms with E-state index in [1.165, 1.54) is 19.3 Å². The van der Waals surface area contributed by atoms with Gasteiger partial charge in [-0.2, -0.15) is 0 Å². The molecule has 0 atom stereocenters. The molecule has 5 rings (SSSR count). The number of morpholine rings is 1. The Hall–Kier alpha value is -3.12. The molecule has 1 aliphatic carbocycles. The van der Waals surface area contributed by atoms with Crippen LogP contribution in [0.2, 0.25) is 0 Å². The Bertz CT molecular complexity index is 1200. The Balaban J connectivity index is 1.54. The van der Waals surface area contributed by atoms with Crippen LogP contribution in [-0.4, -0.2) is 55.2 Å². The van der Waals surface area contributed by atoms with Crippen molar-refractivity contribution in [3.63, 3.8) is 0 Å². The molecule has 3 aromatic rings. The van der Waals surface area contributed by atoms with Crippen LogP contribution in [0.3, 0.4) is 0 Å². The minimum atomic E-state index is 0.107. The van der Waals surface area contributed by atoms with Gasteiger partial charge in [0, 0.05) is 37.1 Å². The number of hydrogen-bond donors (Lipinski definition) is 1. The number of benzene rings is 2. The molecule has 0 radical (unpaired) electrons. The monoisotopic (exact) mass is 458 g/mol. The fourth-order valence-corrected chi connectivity index (χ4v) is 5.45. The van der Waals surface area contributed by atoms with Gasteiger partial charge in [0.1, 0.15) is 5.82 Å². The maximum atomic E-state index is 13.6. The molecule has 34 heavy (non-hydrogen) atoms. The molecule has 1 saturated heterocycles. The molecule has 1 saturated carbocycles. The summed E-state index contributed by atoms with van der Waals surface area (Å²) in [6.45, 7) is 5.08. The standard InChI is InChI=1S/C28H34N4O2/c1-19-7-6-10-23(28(33)31(2)22-8-4-3-5-9-22)26(19)20-11-12-24-21(17-20)18-25(27(29)30-24)32-13-15-34-16-14-32/h6-7,10-12,17-18,22H,3-5,8-9,13-16H2,1-2H3,(H2,29,30). The number of hydrogen-bond acceptors (Lipinski definition) is 5. The molecule has 6 nitrogen and oxygen atoms in total. The first kappa shape index (κ1) is 22.7. The molecule has 0 bridgehead atoms. The summed E-state index contributed by atoms with van der Waals surface area (Å²) < 4.78 is 5.50. The number of aromatic nitrogens is 1. The van der Waals surface area contributed by atoms with Gasteiger partial charge in [-0.15, -0.1) is 0 Å². The number of rotatable bonds is 4. The van der Waals surface area contributed by atoms with E-state index in [-0.39, 0.29) is 5.91 Å². The van der Waals surface area contributed by atoms with Crippen LogP contribution >= 0.6 is 0 Å². The molecule has 2 aliphatic rings. The van der Waals surface area contributed by atoms with Crippen LogP contribution in [0, 0.1) is 6.92 Å². The van der Waals surface area contributed by atoms with Gasteiger partial charge in [0.15, 0.2) is 0 Å². The van der Waals surface area contributed by atoms with E-state index < -0.39 is 0 Å². The third kappa shape index (κ3) is 4.34. The first-order chi connectivity index (χ1) is 16.5. The van der Waals surface area contributed by atoms with E-state index in [1.54, 1.807) is 0 Å². The van der Waals surface area contributed by atoms with Crippen LogP contribution < -0.4 is 10.6 Å². The van der Waals surface area contributed by atoms with Crippen molar-refractivity contribution >= 4 is 28.3 Å². The lowest BCUT2D eigenvalue weighted by Crippen LogP contribution is -2.38. The number of nitrogens with two attached hydrogens (primary N) is 1. The van der Waals surface area contributed by atoms with Crippen LogP contribution in [-0.2, 0) is 4.74 Å². The van der Waals surface area contributed by atoms with Crippen LogP contribution in [0.5, 0.6) is 0 Å². The minimum absolute atomic E-state index is 0.107. The second-order valence-corrected chi connectivity index (χ2v) is 9.61. The second kappa shape index (κ2) is 9.63. The summed E-state index contributed by atoms with van der Waals surface area (Å²) in [4.78, 5) is 22.5. The summed E-state index contributed by atoms with van der Waals surface area (Å²) >= 11 is 0. The van der Waals surface area contributed by atoms with E-state index in [0.29, 0.717) is 25.1 Å². The SMILES string of the molecule is Cc1cccc(C(=O)N(C)C2CCCCC2)c1-c1ccc2nc(N)c(N3CCOCC3)cc2c1. The number of amides is 1. The molecular formula is C28H34N4O2. The number of fused-ring (bicyclic) bond motifs is 1. The number of ether oxygens (including phenoxy) is 1. The van der Waals surface area contributed by atoms with Crippen molar-refractivity contribution in [3.05, 3.63) is 53.6 Å². The van der Waals surface area contributed by atoms with E-state index in [9.17, 15) is 4.79 Å². The molecule has 0 spiro atoms. The first-order valence-corrected chi connectivity index (χ1v) is 12.4. The highest BCUT2D eigenvalue weighted by Crippen LogP contribution is 2.34. The van der Waals surface area contributed by atoms with Crippen LogP contribution in [0.25, 0.3) is 22.0 Å². The molecule has 1 aliphatic heterocycles. The van der Waals surface area contributed by atoms with Gasteiger partial charge in [0.05, 0.1) is 24.4 Å². The Morgan fingerprint density at radius 1 is 1.09 bits per heavy atom. The second-order valence-electron chi connectivity index (χ2n) is 9.61. The molecule has 6 heteroatoms. The van der Waals surface area contributed by atoms with Gasteiger partial charge in [0.25, 0.3) is 5.91 Å². The molecule has 2 heterocycles. The third-order valence-corrected chi connectivity index (χ3v) is 7.41. The van der Waals surface area contributed by atoms with Crippen molar-refractivity contribution in [3.8, 4) is 11.1 Å². The highest BCUT2D eigenvalue weighted by Gasteiger charge is 2.25. The zero-order chi connectivity index (χ0) is 23.7. The normalized spacial score (nSPS) is 17.2. The molecule has 178 valence electrons. The van der Waals surface area contributed by atoms with Gasteiger partial charge >= 0.3 is 0 Å². The van der Waals surface area contributed by atoms with Crippen molar-refractivity contribution in [1.29, 1.82) is 0 Å². The molecule has 2 aromatic carbocycles. The predicted molar refractivity (Wildman–Crippen MR) is 138 cm³/mol. The van der Waals surface area contributed by atoms with E-state index in [2.05, 4.69) is 41.1 Å². The quantitative estimate of drug-likeness (QED) is 0.593. The van der Waals surface area contributed by atoms with E-state index >= 15 is 0 Å². The first-order valence-electron chi connectivity index (χ1n) is 12.4.